The molecule has 1 atom stereocenters. The first-order chi connectivity index (χ1) is 6.87. The molecule has 0 aliphatic heterocycles. The molecule has 1 unspecified atom stereocenters. The van der Waals surface area contributed by atoms with Crippen LogP contribution in [0, 0.1) is 17.2 Å². The smallest absolute Gasteiger partial charge is 0.185 e. The molecular formula is C12H23NOSi. The topological polar surface area (TPSA) is 33.0 Å². The van der Waals surface area contributed by atoms with Gasteiger partial charge in [0.2, 0.25) is 0 Å². The maximum atomic E-state index is 9.35. The molecule has 0 aromatic carbocycles. The van der Waals surface area contributed by atoms with Crippen molar-refractivity contribution in [2.24, 2.45) is 5.92 Å². The van der Waals surface area contributed by atoms with Gasteiger partial charge in [-0.15, -0.1) is 0 Å². The normalized spacial score (nSPS) is 23.1. The first kappa shape index (κ1) is 12.7. The molecule has 0 saturated heterocycles. The van der Waals surface area contributed by atoms with Gasteiger partial charge in [0.25, 0.3) is 0 Å². The molecule has 0 amide bonds. The summed E-state index contributed by atoms with van der Waals surface area (Å²) in [6, 6.07) is 2.42. The highest BCUT2D eigenvalue weighted by atomic mass is 28.4. The standard InChI is InChI=1S/C12H23NOSi/c1-12(10-13,14-15(2,3)4)11-8-6-5-7-9-11/h11H,5-9H2,1-4H3. The zero-order valence-electron chi connectivity index (χ0n) is 10.5. The van der Waals surface area contributed by atoms with Crippen molar-refractivity contribution < 1.29 is 4.43 Å². The van der Waals surface area contributed by atoms with Gasteiger partial charge in [0.05, 0.1) is 6.07 Å². The van der Waals surface area contributed by atoms with Crippen LogP contribution in [-0.2, 0) is 4.43 Å². The van der Waals surface area contributed by atoms with E-state index >= 15 is 0 Å². The number of hydrogen-bond donors (Lipinski definition) is 0. The summed E-state index contributed by atoms with van der Waals surface area (Å²) in [5.41, 5.74) is -0.537. The summed E-state index contributed by atoms with van der Waals surface area (Å²) >= 11 is 0. The minimum Gasteiger partial charge on any atom is -0.400 e. The third-order valence-electron chi connectivity index (χ3n) is 3.12. The van der Waals surface area contributed by atoms with E-state index in [1.54, 1.807) is 0 Å². The number of nitrogens with zero attached hydrogens (tertiary/aromatic N) is 1. The molecule has 0 bridgehead atoms. The SMILES string of the molecule is CC(C#N)(O[Si](C)(C)C)C1CCCCC1. The molecule has 15 heavy (non-hydrogen) atoms. The Morgan fingerprint density at radius 2 is 1.73 bits per heavy atom. The molecule has 3 heteroatoms. The highest BCUT2D eigenvalue weighted by Gasteiger charge is 2.39. The first-order valence-electron chi connectivity index (χ1n) is 5.99. The van der Waals surface area contributed by atoms with Gasteiger partial charge in [0, 0.05) is 5.92 Å². The number of rotatable bonds is 3. The lowest BCUT2D eigenvalue weighted by atomic mass is 9.79. The predicted molar refractivity (Wildman–Crippen MR) is 65.0 cm³/mol. The maximum absolute atomic E-state index is 9.35. The quantitative estimate of drug-likeness (QED) is 0.686. The zero-order chi connectivity index (χ0) is 11.5. The second-order valence-electron chi connectivity index (χ2n) is 5.77. The summed E-state index contributed by atoms with van der Waals surface area (Å²) < 4.78 is 6.09. The van der Waals surface area contributed by atoms with Gasteiger partial charge in [-0.1, -0.05) is 19.3 Å². The highest BCUT2D eigenvalue weighted by molar-refractivity contribution is 6.69. The molecule has 0 aromatic rings. The summed E-state index contributed by atoms with van der Waals surface area (Å²) in [5, 5.41) is 9.35. The van der Waals surface area contributed by atoms with Crippen LogP contribution in [0.2, 0.25) is 19.6 Å². The van der Waals surface area contributed by atoms with E-state index in [9.17, 15) is 5.26 Å². The second kappa shape index (κ2) is 4.67. The van der Waals surface area contributed by atoms with Crippen molar-refractivity contribution in [3.05, 3.63) is 0 Å². The Labute approximate surface area is 94.8 Å². The van der Waals surface area contributed by atoms with Crippen LogP contribution < -0.4 is 0 Å². The van der Waals surface area contributed by atoms with E-state index in [0.29, 0.717) is 5.92 Å². The van der Waals surface area contributed by atoms with Crippen LogP contribution in [0.25, 0.3) is 0 Å². The first-order valence-corrected chi connectivity index (χ1v) is 9.40. The van der Waals surface area contributed by atoms with Gasteiger partial charge in [-0.25, -0.2) is 0 Å². The van der Waals surface area contributed by atoms with E-state index in [0.717, 1.165) is 12.8 Å². The van der Waals surface area contributed by atoms with Gasteiger partial charge in [0.15, 0.2) is 8.32 Å². The highest BCUT2D eigenvalue weighted by Crippen LogP contribution is 2.36. The van der Waals surface area contributed by atoms with Gasteiger partial charge in [-0.05, 0) is 39.4 Å². The molecule has 0 heterocycles. The fraction of sp³-hybridized carbons (Fsp3) is 0.917. The third kappa shape index (κ3) is 3.62. The van der Waals surface area contributed by atoms with E-state index in [1.807, 2.05) is 6.92 Å². The summed E-state index contributed by atoms with van der Waals surface area (Å²) in [6.07, 6.45) is 6.17. The summed E-state index contributed by atoms with van der Waals surface area (Å²) in [7, 11) is -1.62. The van der Waals surface area contributed by atoms with Crippen molar-refractivity contribution in [2.75, 3.05) is 0 Å². The van der Waals surface area contributed by atoms with Crippen LogP contribution in [0.1, 0.15) is 39.0 Å². The molecule has 1 aliphatic carbocycles. The monoisotopic (exact) mass is 225 g/mol. The number of nitriles is 1. The van der Waals surface area contributed by atoms with Gasteiger partial charge in [-0.2, -0.15) is 5.26 Å². The minimum absolute atomic E-state index is 0.447. The van der Waals surface area contributed by atoms with E-state index in [-0.39, 0.29) is 0 Å². The summed E-state index contributed by atoms with van der Waals surface area (Å²) in [4.78, 5) is 0. The Morgan fingerprint density at radius 1 is 1.20 bits per heavy atom. The minimum atomic E-state index is -1.62. The predicted octanol–water partition coefficient (Wildman–Crippen LogP) is 3.70. The Morgan fingerprint density at radius 3 is 2.13 bits per heavy atom. The van der Waals surface area contributed by atoms with Gasteiger partial charge in [-0.3, -0.25) is 0 Å². The van der Waals surface area contributed by atoms with E-state index in [2.05, 4.69) is 25.7 Å². The van der Waals surface area contributed by atoms with E-state index in [1.165, 1.54) is 19.3 Å². The molecule has 0 spiro atoms. The van der Waals surface area contributed by atoms with E-state index in [4.69, 9.17) is 4.43 Å². The Kier molecular flexibility index (Phi) is 3.97. The molecule has 0 radical (unpaired) electrons. The molecule has 2 nitrogen and oxygen atoms in total. The molecule has 1 rings (SSSR count). The van der Waals surface area contributed by atoms with Gasteiger partial charge < -0.3 is 4.43 Å². The van der Waals surface area contributed by atoms with E-state index < -0.39 is 13.9 Å². The van der Waals surface area contributed by atoms with Gasteiger partial charge in [0.1, 0.15) is 5.60 Å². The average Bonchev–Trinajstić information content (AvgIpc) is 2.16. The molecule has 0 N–H and O–H groups in total. The molecular weight excluding hydrogens is 202 g/mol. The lowest BCUT2D eigenvalue weighted by Crippen LogP contribution is -2.45. The van der Waals surface area contributed by atoms with Crippen LogP contribution in [0.15, 0.2) is 0 Å². The second-order valence-corrected chi connectivity index (χ2v) is 10.2. The maximum Gasteiger partial charge on any atom is 0.185 e. The van der Waals surface area contributed by atoms with Crippen LogP contribution >= 0.6 is 0 Å². The fourth-order valence-electron chi connectivity index (χ4n) is 2.49. The lowest BCUT2D eigenvalue weighted by Gasteiger charge is -2.38. The summed E-state index contributed by atoms with van der Waals surface area (Å²) in [6.45, 7) is 8.46. The number of hydrogen-bond acceptors (Lipinski definition) is 2. The van der Waals surface area contributed by atoms with Crippen LogP contribution in [0.3, 0.4) is 0 Å². The van der Waals surface area contributed by atoms with Crippen molar-refractivity contribution in [3.63, 3.8) is 0 Å². The molecule has 1 aliphatic rings. The van der Waals surface area contributed by atoms with Crippen molar-refractivity contribution >= 4 is 8.32 Å². The molecule has 1 fully saturated rings. The Balaban J connectivity index is 2.71. The third-order valence-corrected chi connectivity index (χ3v) is 4.16. The largest absolute Gasteiger partial charge is 0.400 e. The molecule has 1 saturated carbocycles. The van der Waals surface area contributed by atoms with Gasteiger partial charge >= 0.3 is 0 Å². The lowest BCUT2D eigenvalue weighted by molar-refractivity contribution is 0.0520. The van der Waals surface area contributed by atoms with Crippen molar-refractivity contribution in [2.45, 2.75) is 64.3 Å². The van der Waals surface area contributed by atoms with Crippen LogP contribution in [0.4, 0.5) is 0 Å². The average molecular weight is 225 g/mol. The molecule has 0 aromatic heterocycles. The molecule has 86 valence electrons. The zero-order valence-corrected chi connectivity index (χ0v) is 11.5. The summed E-state index contributed by atoms with van der Waals surface area (Å²) in [5.74, 6) is 0.447. The van der Waals surface area contributed by atoms with Crippen molar-refractivity contribution in [1.29, 1.82) is 5.26 Å². The van der Waals surface area contributed by atoms with Crippen molar-refractivity contribution in [3.8, 4) is 6.07 Å². The Hall–Kier alpha value is -0.333. The van der Waals surface area contributed by atoms with Crippen LogP contribution in [0.5, 0.6) is 0 Å². The van der Waals surface area contributed by atoms with Crippen molar-refractivity contribution in [1.82, 2.24) is 0 Å². The Bertz CT molecular complexity index is 247. The fourth-order valence-corrected chi connectivity index (χ4v) is 3.97. The van der Waals surface area contributed by atoms with Crippen LogP contribution in [-0.4, -0.2) is 13.9 Å².